The average Bonchev–Trinajstić information content (AvgIpc) is 3.38. The molecule has 0 fully saturated rings. The first-order valence-corrected chi connectivity index (χ1v) is 10.6. The summed E-state index contributed by atoms with van der Waals surface area (Å²) in [5, 5.41) is 11.1. The van der Waals surface area contributed by atoms with Crippen LogP contribution in [0.3, 0.4) is 0 Å². The Bertz CT molecular complexity index is 1100. The van der Waals surface area contributed by atoms with E-state index in [4.69, 9.17) is 26.7 Å². The number of hydrogen-bond donors (Lipinski definition) is 1. The van der Waals surface area contributed by atoms with Crippen LogP contribution >= 0.6 is 22.9 Å². The number of halogens is 1. The molecule has 0 unspecified atom stereocenters. The number of benzene rings is 1. The molecule has 0 bridgehead atoms. The van der Waals surface area contributed by atoms with Gasteiger partial charge in [-0.15, -0.1) is 11.3 Å². The molecule has 7 heteroatoms. The van der Waals surface area contributed by atoms with Crippen molar-refractivity contribution < 1.29 is 9.90 Å². The highest BCUT2D eigenvalue weighted by molar-refractivity contribution is 7.14. The van der Waals surface area contributed by atoms with Crippen LogP contribution in [0.25, 0.3) is 11.4 Å². The third-order valence-electron chi connectivity index (χ3n) is 5.39. The van der Waals surface area contributed by atoms with Gasteiger partial charge in [-0.1, -0.05) is 23.7 Å². The maximum Gasteiger partial charge on any atom is 0.307 e. The zero-order valence-electron chi connectivity index (χ0n) is 15.1. The number of aromatic nitrogens is 2. The number of thiophene rings is 1. The summed E-state index contributed by atoms with van der Waals surface area (Å²) in [5.41, 5.74) is 6.49. The minimum atomic E-state index is -0.803. The lowest BCUT2D eigenvalue weighted by Gasteiger charge is -2.22. The molecule has 3 heterocycles. The van der Waals surface area contributed by atoms with Crippen molar-refractivity contribution in [1.29, 1.82) is 0 Å². The van der Waals surface area contributed by atoms with Gasteiger partial charge in [0.25, 0.3) is 0 Å². The van der Waals surface area contributed by atoms with Gasteiger partial charge in [0.1, 0.15) is 5.82 Å². The molecule has 0 atom stereocenters. The average molecular weight is 412 g/mol. The number of aryl methyl sites for hydroxylation is 1. The second kappa shape index (κ2) is 6.87. The van der Waals surface area contributed by atoms with Crippen LogP contribution < -0.4 is 4.90 Å². The summed E-state index contributed by atoms with van der Waals surface area (Å²) in [4.78, 5) is 23.1. The van der Waals surface area contributed by atoms with E-state index in [-0.39, 0.29) is 6.42 Å². The van der Waals surface area contributed by atoms with Crippen LogP contribution in [-0.4, -0.2) is 27.6 Å². The number of fused-ring (bicyclic) bond motifs is 2. The molecule has 0 spiro atoms. The van der Waals surface area contributed by atoms with E-state index in [2.05, 4.69) is 4.90 Å². The molecule has 5 nitrogen and oxygen atoms in total. The van der Waals surface area contributed by atoms with Gasteiger partial charge in [0.15, 0.2) is 5.82 Å². The largest absolute Gasteiger partial charge is 0.481 e. The first-order chi connectivity index (χ1) is 13.6. The van der Waals surface area contributed by atoms with Gasteiger partial charge in [-0.05, 0) is 48.9 Å². The zero-order chi connectivity index (χ0) is 19.3. The normalized spacial score (nSPS) is 15.0. The lowest BCUT2D eigenvalue weighted by atomic mass is 10.1. The van der Waals surface area contributed by atoms with E-state index in [0.717, 1.165) is 70.7 Å². The Labute approximate surface area is 171 Å². The van der Waals surface area contributed by atoms with E-state index in [1.165, 1.54) is 22.5 Å². The molecular formula is C21H18ClN3O2S. The molecule has 0 amide bonds. The number of nitrogens with zero attached hydrogens (tertiary/aromatic N) is 3. The molecule has 1 N–H and O–H groups in total. The molecule has 2 aliphatic rings. The highest BCUT2D eigenvalue weighted by Crippen LogP contribution is 2.40. The van der Waals surface area contributed by atoms with Gasteiger partial charge in [0.05, 0.1) is 10.8 Å². The number of carboxylic acid groups (broad SMARTS) is 1. The van der Waals surface area contributed by atoms with E-state index >= 15 is 0 Å². The molecule has 0 saturated carbocycles. The van der Waals surface area contributed by atoms with Crippen LogP contribution in [0.15, 0.2) is 29.6 Å². The second-order valence-electron chi connectivity index (χ2n) is 7.22. The van der Waals surface area contributed by atoms with E-state index in [1.807, 2.05) is 29.6 Å². The highest BCUT2D eigenvalue weighted by Gasteiger charge is 2.28. The highest BCUT2D eigenvalue weighted by atomic mass is 35.5. The van der Waals surface area contributed by atoms with Crippen molar-refractivity contribution in [3.8, 4) is 11.4 Å². The van der Waals surface area contributed by atoms with E-state index in [9.17, 15) is 4.79 Å². The SMILES string of the molecule is O=C(O)Cc1ccc2c(c1)CCN2c1nc(-c2csc(Cl)c2)nc2c1CCC2. The maximum atomic E-state index is 11.0. The van der Waals surface area contributed by atoms with Gasteiger partial charge in [0.2, 0.25) is 0 Å². The molecule has 3 aromatic rings. The monoisotopic (exact) mass is 411 g/mol. The fourth-order valence-electron chi connectivity index (χ4n) is 4.15. The summed E-state index contributed by atoms with van der Waals surface area (Å²) in [7, 11) is 0. The number of anilines is 2. The summed E-state index contributed by atoms with van der Waals surface area (Å²) in [6.45, 7) is 0.846. The van der Waals surface area contributed by atoms with Crippen molar-refractivity contribution in [2.75, 3.05) is 11.4 Å². The molecule has 142 valence electrons. The van der Waals surface area contributed by atoms with Gasteiger partial charge in [-0.3, -0.25) is 4.79 Å². The van der Waals surface area contributed by atoms with Crippen molar-refractivity contribution in [1.82, 2.24) is 9.97 Å². The van der Waals surface area contributed by atoms with Gasteiger partial charge < -0.3 is 10.0 Å². The van der Waals surface area contributed by atoms with E-state index < -0.39 is 5.97 Å². The van der Waals surface area contributed by atoms with Crippen molar-refractivity contribution >= 4 is 40.4 Å². The first kappa shape index (κ1) is 17.6. The van der Waals surface area contributed by atoms with Gasteiger partial charge in [-0.25, -0.2) is 9.97 Å². The molecule has 1 aliphatic carbocycles. The molecule has 28 heavy (non-hydrogen) atoms. The number of rotatable bonds is 4. The van der Waals surface area contributed by atoms with Crippen LogP contribution in [-0.2, 0) is 30.5 Å². The number of aliphatic carboxylic acids is 1. The summed E-state index contributed by atoms with van der Waals surface area (Å²) in [6.07, 6.45) is 4.02. The van der Waals surface area contributed by atoms with Crippen LogP contribution in [0.4, 0.5) is 11.5 Å². The van der Waals surface area contributed by atoms with Crippen LogP contribution in [0, 0.1) is 0 Å². The van der Waals surface area contributed by atoms with Crippen molar-refractivity contribution in [3.05, 3.63) is 56.4 Å². The van der Waals surface area contributed by atoms with Crippen molar-refractivity contribution in [2.45, 2.75) is 32.1 Å². The summed E-state index contributed by atoms with van der Waals surface area (Å²) >= 11 is 7.61. The Hall–Kier alpha value is -2.44. The Balaban J connectivity index is 1.57. The quantitative estimate of drug-likeness (QED) is 0.675. The Morgan fingerprint density at radius 2 is 2.11 bits per heavy atom. The van der Waals surface area contributed by atoms with E-state index in [0.29, 0.717) is 0 Å². The maximum absolute atomic E-state index is 11.0. The predicted octanol–water partition coefficient (Wildman–Crippen LogP) is 4.67. The van der Waals surface area contributed by atoms with Gasteiger partial charge in [-0.2, -0.15) is 0 Å². The lowest BCUT2D eigenvalue weighted by Crippen LogP contribution is -2.18. The Morgan fingerprint density at radius 3 is 2.89 bits per heavy atom. The van der Waals surface area contributed by atoms with Crippen LogP contribution in [0.2, 0.25) is 4.34 Å². The van der Waals surface area contributed by atoms with E-state index in [1.54, 1.807) is 0 Å². The van der Waals surface area contributed by atoms with Gasteiger partial charge >= 0.3 is 5.97 Å². The number of carboxylic acids is 1. The minimum absolute atomic E-state index is 0.0548. The standard InChI is InChI=1S/C21H18ClN3O2S/c22-18-10-14(11-28-18)20-23-16-3-1-2-15(16)21(24-20)25-7-6-13-8-12(9-19(26)27)4-5-17(13)25/h4-5,8,10-11H,1-3,6-7,9H2,(H,26,27). The first-order valence-electron chi connectivity index (χ1n) is 9.34. The molecule has 2 aromatic heterocycles. The lowest BCUT2D eigenvalue weighted by molar-refractivity contribution is -0.136. The second-order valence-corrected chi connectivity index (χ2v) is 8.77. The Morgan fingerprint density at radius 1 is 1.21 bits per heavy atom. The Kier molecular flexibility index (Phi) is 4.33. The number of hydrogen-bond acceptors (Lipinski definition) is 5. The number of carbonyl (C=O) groups is 1. The summed E-state index contributed by atoms with van der Waals surface area (Å²) in [5.74, 6) is 0.918. The summed E-state index contributed by atoms with van der Waals surface area (Å²) in [6, 6.07) is 7.88. The fourth-order valence-corrected chi connectivity index (χ4v) is 5.01. The predicted molar refractivity (Wildman–Crippen MR) is 111 cm³/mol. The third kappa shape index (κ3) is 3.06. The topological polar surface area (TPSA) is 66.3 Å². The molecule has 0 saturated heterocycles. The van der Waals surface area contributed by atoms with Crippen LogP contribution in [0.1, 0.15) is 28.8 Å². The molecule has 1 aliphatic heterocycles. The van der Waals surface area contributed by atoms with Crippen molar-refractivity contribution in [3.63, 3.8) is 0 Å². The molecule has 5 rings (SSSR count). The molecule has 1 aromatic carbocycles. The van der Waals surface area contributed by atoms with Crippen molar-refractivity contribution in [2.24, 2.45) is 0 Å². The smallest absolute Gasteiger partial charge is 0.307 e. The summed E-state index contributed by atoms with van der Waals surface area (Å²) < 4.78 is 0.734. The fraction of sp³-hybridized carbons (Fsp3) is 0.286. The zero-order valence-corrected chi connectivity index (χ0v) is 16.7. The minimum Gasteiger partial charge on any atom is -0.481 e. The molecular weight excluding hydrogens is 394 g/mol. The third-order valence-corrected chi connectivity index (χ3v) is 6.48. The molecule has 0 radical (unpaired) electrons. The van der Waals surface area contributed by atoms with Gasteiger partial charge in [0, 0.05) is 34.4 Å². The van der Waals surface area contributed by atoms with Crippen LogP contribution in [0.5, 0.6) is 0 Å².